The Balaban J connectivity index is 2.31. The molecule has 0 aliphatic rings. The molecule has 0 bridgehead atoms. The highest BCUT2D eigenvalue weighted by Gasteiger charge is 2.26. The summed E-state index contributed by atoms with van der Waals surface area (Å²) in [6.45, 7) is 2.11. The smallest absolute Gasteiger partial charge is 0.141 e. The molecule has 3 heteroatoms. The molecule has 1 atom stereocenters. The first-order valence-electron chi connectivity index (χ1n) is 6.83. The molecule has 0 fully saturated rings. The molecule has 1 nitrogen and oxygen atoms in total. The van der Waals surface area contributed by atoms with Gasteiger partial charge < -0.3 is 5.73 Å². The summed E-state index contributed by atoms with van der Waals surface area (Å²) in [7, 11) is 0. The zero-order valence-corrected chi connectivity index (χ0v) is 12.3. The maximum atomic E-state index is 13.2. The molecule has 0 aliphatic carbocycles. The standard InChI is InChI=1S/C17H19ClFN/c1-2-10-17(20,14-6-4-3-5-7-14)12-13-8-9-16(19)15(18)11-13/h3-9,11H,2,10,12,20H2,1H3. The highest BCUT2D eigenvalue weighted by molar-refractivity contribution is 6.30. The Morgan fingerprint density at radius 1 is 1.15 bits per heavy atom. The second-order valence-electron chi connectivity index (χ2n) is 5.20. The van der Waals surface area contributed by atoms with Crippen LogP contribution in [0.4, 0.5) is 4.39 Å². The highest BCUT2D eigenvalue weighted by atomic mass is 35.5. The van der Waals surface area contributed by atoms with Crippen molar-refractivity contribution >= 4 is 11.6 Å². The fraction of sp³-hybridized carbons (Fsp3) is 0.294. The van der Waals surface area contributed by atoms with Gasteiger partial charge in [-0.25, -0.2) is 4.39 Å². The summed E-state index contributed by atoms with van der Waals surface area (Å²) in [5.74, 6) is -0.395. The molecule has 0 heterocycles. The molecule has 1 unspecified atom stereocenters. The van der Waals surface area contributed by atoms with Crippen molar-refractivity contribution in [3.05, 3.63) is 70.5 Å². The molecule has 0 amide bonds. The fourth-order valence-corrected chi connectivity index (χ4v) is 2.77. The van der Waals surface area contributed by atoms with Crippen molar-refractivity contribution in [2.24, 2.45) is 5.73 Å². The zero-order valence-electron chi connectivity index (χ0n) is 11.6. The van der Waals surface area contributed by atoms with Crippen molar-refractivity contribution in [3.8, 4) is 0 Å². The van der Waals surface area contributed by atoms with Gasteiger partial charge in [-0.1, -0.05) is 61.3 Å². The van der Waals surface area contributed by atoms with Gasteiger partial charge in [-0.05, 0) is 36.1 Å². The molecule has 20 heavy (non-hydrogen) atoms. The molecular weight excluding hydrogens is 273 g/mol. The third-order valence-electron chi connectivity index (χ3n) is 3.55. The quantitative estimate of drug-likeness (QED) is 0.851. The van der Waals surface area contributed by atoms with E-state index in [1.54, 1.807) is 12.1 Å². The molecule has 2 aromatic carbocycles. The van der Waals surface area contributed by atoms with E-state index in [0.29, 0.717) is 6.42 Å². The maximum absolute atomic E-state index is 13.2. The second-order valence-corrected chi connectivity index (χ2v) is 5.60. The summed E-state index contributed by atoms with van der Waals surface area (Å²) in [5, 5.41) is 0.148. The van der Waals surface area contributed by atoms with Crippen molar-refractivity contribution in [1.82, 2.24) is 0 Å². The van der Waals surface area contributed by atoms with Gasteiger partial charge >= 0.3 is 0 Å². The van der Waals surface area contributed by atoms with Crippen LogP contribution in [0.25, 0.3) is 0 Å². The normalized spacial score (nSPS) is 14.0. The molecule has 2 rings (SSSR count). The molecule has 106 valence electrons. The van der Waals surface area contributed by atoms with Crippen LogP contribution >= 0.6 is 11.6 Å². The van der Waals surface area contributed by atoms with E-state index in [2.05, 4.69) is 6.92 Å². The van der Waals surface area contributed by atoms with E-state index in [9.17, 15) is 4.39 Å². The van der Waals surface area contributed by atoms with Crippen molar-refractivity contribution in [3.63, 3.8) is 0 Å². The van der Waals surface area contributed by atoms with Gasteiger partial charge in [0.25, 0.3) is 0 Å². The number of hydrogen-bond donors (Lipinski definition) is 1. The molecule has 0 saturated heterocycles. The maximum Gasteiger partial charge on any atom is 0.141 e. The summed E-state index contributed by atoms with van der Waals surface area (Å²) in [5.41, 5.74) is 8.22. The van der Waals surface area contributed by atoms with Crippen molar-refractivity contribution in [1.29, 1.82) is 0 Å². The molecule has 0 radical (unpaired) electrons. The first kappa shape index (κ1) is 15.0. The Labute approximate surface area is 124 Å². The molecule has 0 saturated carbocycles. The van der Waals surface area contributed by atoms with Gasteiger partial charge in [0, 0.05) is 5.54 Å². The third-order valence-corrected chi connectivity index (χ3v) is 3.84. The number of nitrogens with two attached hydrogens (primary N) is 1. The summed E-state index contributed by atoms with van der Waals surface area (Å²) >= 11 is 5.85. The van der Waals surface area contributed by atoms with Crippen molar-refractivity contribution in [2.75, 3.05) is 0 Å². The largest absolute Gasteiger partial charge is 0.321 e. The molecule has 0 spiro atoms. The van der Waals surface area contributed by atoms with Crippen LogP contribution in [0.15, 0.2) is 48.5 Å². The number of hydrogen-bond acceptors (Lipinski definition) is 1. The summed E-state index contributed by atoms with van der Waals surface area (Å²) < 4.78 is 13.2. The molecule has 2 N–H and O–H groups in total. The van der Waals surface area contributed by atoms with E-state index in [-0.39, 0.29) is 5.02 Å². The fourth-order valence-electron chi connectivity index (χ4n) is 2.56. The van der Waals surface area contributed by atoms with Gasteiger partial charge in [-0.15, -0.1) is 0 Å². The van der Waals surface area contributed by atoms with Gasteiger partial charge in [0.2, 0.25) is 0 Å². The average molecular weight is 292 g/mol. The number of rotatable bonds is 5. The first-order valence-corrected chi connectivity index (χ1v) is 7.21. The predicted octanol–water partition coefficient (Wildman–Crippen LogP) is 4.68. The van der Waals surface area contributed by atoms with Crippen LogP contribution in [-0.2, 0) is 12.0 Å². The average Bonchev–Trinajstić information content (AvgIpc) is 2.44. The lowest BCUT2D eigenvalue weighted by Crippen LogP contribution is -2.38. The summed E-state index contributed by atoms with van der Waals surface area (Å²) in [6.07, 6.45) is 2.50. The highest BCUT2D eigenvalue weighted by Crippen LogP contribution is 2.29. The van der Waals surface area contributed by atoms with Crippen LogP contribution in [0.1, 0.15) is 30.9 Å². The van der Waals surface area contributed by atoms with E-state index in [1.807, 2.05) is 30.3 Å². The lowest BCUT2D eigenvalue weighted by molar-refractivity contribution is 0.400. The summed E-state index contributed by atoms with van der Waals surface area (Å²) in [4.78, 5) is 0. The van der Waals surface area contributed by atoms with Gasteiger partial charge in [0.1, 0.15) is 5.82 Å². The topological polar surface area (TPSA) is 26.0 Å². The zero-order chi connectivity index (χ0) is 14.6. The molecule has 0 aromatic heterocycles. The van der Waals surface area contributed by atoms with Crippen LogP contribution in [0.5, 0.6) is 0 Å². The Kier molecular flexibility index (Phi) is 4.79. The van der Waals surface area contributed by atoms with Gasteiger partial charge in [-0.2, -0.15) is 0 Å². The van der Waals surface area contributed by atoms with Crippen LogP contribution in [0, 0.1) is 5.82 Å². The molecule has 0 aliphatic heterocycles. The SMILES string of the molecule is CCCC(N)(Cc1ccc(F)c(Cl)c1)c1ccccc1. The minimum absolute atomic E-state index is 0.148. The first-order chi connectivity index (χ1) is 9.55. The van der Waals surface area contributed by atoms with Gasteiger partial charge in [0.15, 0.2) is 0 Å². The number of benzene rings is 2. The minimum atomic E-state index is -0.447. The Morgan fingerprint density at radius 3 is 2.45 bits per heavy atom. The summed E-state index contributed by atoms with van der Waals surface area (Å²) in [6, 6.07) is 14.9. The Hall–Kier alpha value is -1.38. The predicted molar refractivity (Wildman–Crippen MR) is 82.3 cm³/mol. The van der Waals surface area contributed by atoms with Crippen LogP contribution in [0.2, 0.25) is 5.02 Å². The lowest BCUT2D eigenvalue weighted by atomic mass is 9.81. The van der Waals surface area contributed by atoms with Gasteiger partial charge in [0.05, 0.1) is 5.02 Å². The minimum Gasteiger partial charge on any atom is -0.321 e. The Bertz CT molecular complexity index is 570. The van der Waals surface area contributed by atoms with Crippen molar-refractivity contribution in [2.45, 2.75) is 31.7 Å². The third kappa shape index (κ3) is 3.38. The van der Waals surface area contributed by atoms with Gasteiger partial charge in [-0.3, -0.25) is 0 Å². The molecular formula is C17H19ClFN. The van der Waals surface area contributed by atoms with E-state index >= 15 is 0 Å². The van der Waals surface area contributed by atoms with E-state index in [0.717, 1.165) is 24.0 Å². The second kappa shape index (κ2) is 6.38. The lowest BCUT2D eigenvalue weighted by Gasteiger charge is -2.30. The van der Waals surface area contributed by atoms with Crippen LogP contribution in [-0.4, -0.2) is 0 Å². The van der Waals surface area contributed by atoms with E-state index in [1.165, 1.54) is 6.07 Å². The van der Waals surface area contributed by atoms with E-state index < -0.39 is 11.4 Å². The monoisotopic (exact) mass is 291 g/mol. The van der Waals surface area contributed by atoms with Crippen LogP contribution < -0.4 is 5.73 Å². The number of halogens is 2. The Morgan fingerprint density at radius 2 is 1.85 bits per heavy atom. The van der Waals surface area contributed by atoms with Crippen molar-refractivity contribution < 1.29 is 4.39 Å². The molecule has 2 aromatic rings. The van der Waals surface area contributed by atoms with E-state index in [4.69, 9.17) is 17.3 Å². The van der Waals surface area contributed by atoms with Crippen LogP contribution in [0.3, 0.4) is 0 Å².